The van der Waals surface area contributed by atoms with Crippen LogP contribution in [-0.4, -0.2) is 50.3 Å². The third kappa shape index (κ3) is 5.63. The van der Waals surface area contributed by atoms with Crippen LogP contribution in [0.2, 0.25) is 0 Å². The number of halogens is 1. The first kappa shape index (κ1) is 29.3. The number of rotatable bonds is 8. The molecule has 2 aliphatic rings. The average molecular weight is 605 g/mol. The van der Waals surface area contributed by atoms with Gasteiger partial charge in [-0.2, -0.15) is 5.26 Å². The van der Waals surface area contributed by atoms with Crippen molar-refractivity contribution in [3.63, 3.8) is 0 Å². The van der Waals surface area contributed by atoms with Gasteiger partial charge in [0.2, 0.25) is 5.79 Å². The minimum atomic E-state index is -1.36. The highest BCUT2D eigenvalue weighted by molar-refractivity contribution is 7.20. The molecule has 1 fully saturated rings. The van der Waals surface area contributed by atoms with Gasteiger partial charge < -0.3 is 24.3 Å². The molecule has 4 heterocycles. The van der Waals surface area contributed by atoms with Crippen molar-refractivity contribution in [3.8, 4) is 11.8 Å². The molecule has 0 aliphatic carbocycles. The lowest BCUT2D eigenvalue weighted by Gasteiger charge is -2.44. The van der Waals surface area contributed by atoms with Gasteiger partial charge >= 0.3 is 5.97 Å². The molecule has 3 atom stereocenters. The molecule has 224 valence electrons. The Morgan fingerprint density at radius 1 is 1.26 bits per heavy atom. The second-order valence-electron chi connectivity index (χ2n) is 11.6. The number of hydrogen-bond donors (Lipinski definition) is 2. The van der Waals surface area contributed by atoms with Crippen molar-refractivity contribution in [1.82, 2.24) is 14.5 Å². The summed E-state index contributed by atoms with van der Waals surface area (Å²) in [6.45, 7) is 6.45. The van der Waals surface area contributed by atoms with E-state index in [9.17, 15) is 20.3 Å². The van der Waals surface area contributed by atoms with Crippen LogP contribution >= 0.6 is 11.3 Å². The second kappa shape index (κ2) is 11.7. The number of benzene rings is 2. The van der Waals surface area contributed by atoms with E-state index in [-0.39, 0.29) is 40.6 Å². The molecule has 1 saturated heterocycles. The summed E-state index contributed by atoms with van der Waals surface area (Å²) >= 11 is 1.17. The number of nitriles is 1. The zero-order valence-electron chi connectivity index (χ0n) is 24.0. The van der Waals surface area contributed by atoms with Gasteiger partial charge in [-0.25, -0.2) is 14.2 Å². The van der Waals surface area contributed by atoms with Crippen LogP contribution in [0.4, 0.5) is 4.39 Å². The lowest BCUT2D eigenvalue weighted by Crippen LogP contribution is -2.43. The maximum absolute atomic E-state index is 15.2. The van der Waals surface area contributed by atoms with Crippen LogP contribution < -0.4 is 4.74 Å². The van der Waals surface area contributed by atoms with Gasteiger partial charge in [0.1, 0.15) is 27.1 Å². The normalized spacial score (nSPS) is 21.7. The van der Waals surface area contributed by atoms with Crippen molar-refractivity contribution < 1.29 is 28.9 Å². The van der Waals surface area contributed by atoms with Crippen molar-refractivity contribution in [1.29, 1.82) is 5.26 Å². The van der Waals surface area contributed by atoms with E-state index in [1.807, 2.05) is 41.8 Å². The second-order valence-corrected chi connectivity index (χ2v) is 12.6. The maximum Gasteiger partial charge on any atom is 0.346 e. The van der Waals surface area contributed by atoms with E-state index in [0.29, 0.717) is 23.7 Å². The van der Waals surface area contributed by atoms with Gasteiger partial charge in [-0.15, -0.1) is 11.3 Å². The molecule has 6 rings (SSSR count). The standard InChI is InChI=1S/C32H33FN4O5S/c1-19(18-38)16-37-25-14-27(31(39)40)43-30(25)35-28(37)17-36-11-9-21(10-12-36)29-22-5-3-4-6-26(22)41-32(2,42-29)23-8-7-20(15-34)13-24(23)33/h3-8,13-14,19,21,29,38H,9-12,16-18H2,1-2H3,(H,39,40)/t19-,29?,32?/m0/s1. The lowest BCUT2D eigenvalue weighted by molar-refractivity contribution is -0.243. The molecule has 0 bridgehead atoms. The molecule has 2 N–H and O–H groups in total. The number of thiophene rings is 1. The molecule has 2 aliphatic heterocycles. The molecular weight excluding hydrogens is 571 g/mol. The molecule has 0 saturated carbocycles. The van der Waals surface area contributed by atoms with E-state index in [0.717, 1.165) is 42.8 Å². The van der Waals surface area contributed by atoms with Crippen molar-refractivity contribution in [3.05, 3.63) is 81.7 Å². The van der Waals surface area contributed by atoms with Crippen molar-refractivity contribution in [2.75, 3.05) is 19.7 Å². The third-order valence-electron chi connectivity index (χ3n) is 8.44. The number of imidazole rings is 1. The molecule has 43 heavy (non-hydrogen) atoms. The number of nitrogens with zero attached hydrogens (tertiary/aromatic N) is 4. The Morgan fingerprint density at radius 2 is 2.02 bits per heavy atom. The largest absolute Gasteiger partial charge is 0.477 e. The minimum Gasteiger partial charge on any atom is -0.477 e. The van der Waals surface area contributed by atoms with E-state index in [1.165, 1.54) is 17.4 Å². The molecular formula is C32H33FN4O5S. The summed E-state index contributed by atoms with van der Waals surface area (Å²) < 4.78 is 30.1. The number of hydrogen-bond acceptors (Lipinski definition) is 8. The van der Waals surface area contributed by atoms with Crippen molar-refractivity contribution >= 4 is 27.7 Å². The summed E-state index contributed by atoms with van der Waals surface area (Å²) in [5, 5.41) is 28.3. The molecule has 4 aromatic rings. The molecule has 2 aromatic carbocycles. The Labute approximate surface area is 252 Å². The quantitative estimate of drug-likeness (QED) is 0.264. The van der Waals surface area contributed by atoms with Gasteiger partial charge in [0.05, 0.1) is 35.4 Å². The van der Waals surface area contributed by atoms with Gasteiger partial charge in [0, 0.05) is 25.6 Å². The van der Waals surface area contributed by atoms with E-state index >= 15 is 4.39 Å². The molecule has 0 amide bonds. The summed E-state index contributed by atoms with van der Waals surface area (Å²) in [6, 6.07) is 15.7. The van der Waals surface area contributed by atoms with Crippen LogP contribution in [-0.2, 0) is 23.6 Å². The van der Waals surface area contributed by atoms with Crippen molar-refractivity contribution in [2.45, 2.75) is 51.7 Å². The van der Waals surface area contributed by atoms with Crippen LogP contribution in [0.1, 0.15) is 65.0 Å². The SMILES string of the molecule is C[C@H](CO)Cn1c(CN2CCC(C3OC(C)(c4ccc(C#N)cc4F)Oc4ccccc43)CC2)nc2sc(C(=O)O)cc21. The first-order valence-electron chi connectivity index (χ1n) is 14.4. The van der Waals surface area contributed by atoms with Crippen LogP contribution in [0.15, 0.2) is 48.5 Å². The lowest BCUT2D eigenvalue weighted by atomic mass is 9.85. The average Bonchev–Trinajstić information content (AvgIpc) is 3.55. The number of piperidine rings is 1. The van der Waals surface area contributed by atoms with Gasteiger partial charge in [-0.3, -0.25) is 4.90 Å². The highest BCUT2D eigenvalue weighted by Crippen LogP contribution is 2.48. The maximum atomic E-state index is 15.2. The van der Waals surface area contributed by atoms with E-state index < -0.39 is 17.6 Å². The van der Waals surface area contributed by atoms with Crippen molar-refractivity contribution in [2.24, 2.45) is 11.8 Å². The Morgan fingerprint density at radius 3 is 2.72 bits per heavy atom. The summed E-state index contributed by atoms with van der Waals surface area (Å²) in [6.07, 6.45) is 1.38. The van der Waals surface area contributed by atoms with Gasteiger partial charge in [0.15, 0.2) is 0 Å². The number of aliphatic hydroxyl groups excluding tert-OH is 1. The number of carbonyl (C=O) groups is 1. The number of carboxylic acid groups (broad SMARTS) is 1. The highest BCUT2D eigenvalue weighted by atomic mass is 32.1. The number of para-hydroxylation sites is 1. The minimum absolute atomic E-state index is 0.00365. The Balaban J connectivity index is 1.21. The zero-order valence-corrected chi connectivity index (χ0v) is 24.8. The fourth-order valence-electron chi connectivity index (χ4n) is 6.14. The molecule has 0 spiro atoms. The van der Waals surface area contributed by atoms with E-state index in [1.54, 1.807) is 25.1 Å². The number of aliphatic hydroxyl groups is 1. The van der Waals surface area contributed by atoms with Crippen LogP contribution in [0.5, 0.6) is 5.75 Å². The highest BCUT2D eigenvalue weighted by Gasteiger charge is 2.44. The van der Waals surface area contributed by atoms with Crippen LogP contribution in [0.3, 0.4) is 0 Å². The smallest absolute Gasteiger partial charge is 0.346 e. The molecule has 2 unspecified atom stereocenters. The monoisotopic (exact) mass is 604 g/mol. The zero-order chi connectivity index (χ0) is 30.3. The molecule has 2 aromatic heterocycles. The van der Waals surface area contributed by atoms with E-state index in [2.05, 4.69) is 4.90 Å². The molecule has 9 nitrogen and oxygen atoms in total. The number of carboxylic acids is 1. The fourth-order valence-corrected chi connectivity index (χ4v) is 7.04. The Bertz CT molecular complexity index is 1710. The Kier molecular flexibility index (Phi) is 7.96. The summed E-state index contributed by atoms with van der Waals surface area (Å²) in [5.74, 6) is -1.20. The Hall–Kier alpha value is -3.82. The summed E-state index contributed by atoms with van der Waals surface area (Å²) in [4.78, 5) is 19.6. The van der Waals surface area contributed by atoms with Crippen LogP contribution in [0.25, 0.3) is 10.3 Å². The topological polar surface area (TPSA) is 121 Å². The van der Waals surface area contributed by atoms with Gasteiger partial charge in [-0.1, -0.05) is 25.1 Å². The summed E-state index contributed by atoms with van der Waals surface area (Å²) in [7, 11) is 0. The van der Waals surface area contributed by atoms with Gasteiger partial charge in [0.25, 0.3) is 0 Å². The third-order valence-corrected chi connectivity index (χ3v) is 9.44. The summed E-state index contributed by atoms with van der Waals surface area (Å²) in [5.41, 5.74) is 2.21. The van der Waals surface area contributed by atoms with Gasteiger partial charge in [-0.05, 0) is 68.1 Å². The molecule has 11 heteroatoms. The fraction of sp³-hybridized carbons (Fsp3) is 0.406. The predicted octanol–water partition coefficient (Wildman–Crippen LogP) is 5.67. The first-order valence-corrected chi connectivity index (χ1v) is 15.2. The number of aromatic carboxylic acids is 1. The number of likely N-dealkylation sites (tertiary alicyclic amines) is 1. The first-order chi connectivity index (χ1) is 20.7. The predicted molar refractivity (Wildman–Crippen MR) is 158 cm³/mol. The van der Waals surface area contributed by atoms with Crippen LogP contribution in [0, 0.1) is 29.0 Å². The van der Waals surface area contributed by atoms with E-state index in [4.69, 9.17) is 14.5 Å². The number of aromatic nitrogens is 2. The number of fused-ring (bicyclic) bond motifs is 2. The number of ether oxygens (including phenoxy) is 2. The molecule has 0 radical (unpaired) electrons.